The molecule has 1 fully saturated rings. The SMILES string of the molecule is FC(F)(F)c1ccc(N2CCCC2CSc2ccccc2)cc1. The van der Waals surface area contributed by atoms with E-state index in [2.05, 4.69) is 17.0 Å². The smallest absolute Gasteiger partial charge is 0.368 e. The van der Waals surface area contributed by atoms with Crippen LogP contribution in [-0.2, 0) is 6.18 Å². The predicted molar refractivity (Wildman–Crippen MR) is 89.0 cm³/mol. The number of rotatable bonds is 4. The molecule has 0 N–H and O–H groups in total. The summed E-state index contributed by atoms with van der Waals surface area (Å²) in [5, 5.41) is 0. The number of halogens is 3. The highest BCUT2D eigenvalue weighted by Gasteiger charge is 2.31. The molecule has 23 heavy (non-hydrogen) atoms. The van der Waals surface area contributed by atoms with E-state index in [1.807, 2.05) is 18.2 Å². The van der Waals surface area contributed by atoms with Crippen LogP contribution in [0.2, 0.25) is 0 Å². The lowest BCUT2D eigenvalue weighted by Gasteiger charge is -2.27. The average Bonchev–Trinajstić information content (AvgIpc) is 3.02. The van der Waals surface area contributed by atoms with Crippen LogP contribution >= 0.6 is 11.8 Å². The fraction of sp³-hybridized carbons (Fsp3) is 0.333. The first kappa shape index (κ1) is 16.2. The summed E-state index contributed by atoms with van der Waals surface area (Å²) in [6.45, 7) is 0.908. The van der Waals surface area contributed by atoms with Gasteiger partial charge in [0.05, 0.1) is 5.56 Å². The summed E-state index contributed by atoms with van der Waals surface area (Å²) in [5.74, 6) is 0.949. The summed E-state index contributed by atoms with van der Waals surface area (Å²) in [7, 11) is 0. The monoisotopic (exact) mass is 337 g/mol. The lowest BCUT2D eigenvalue weighted by molar-refractivity contribution is -0.137. The molecule has 0 aliphatic carbocycles. The van der Waals surface area contributed by atoms with E-state index in [1.54, 1.807) is 23.9 Å². The molecule has 1 nitrogen and oxygen atoms in total. The van der Waals surface area contributed by atoms with E-state index in [-0.39, 0.29) is 0 Å². The zero-order chi connectivity index (χ0) is 16.3. The number of thioether (sulfide) groups is 1. The Balaban J connectivity index is 1.66. The van der Waals surface area contributed by atoms with Crippen LogP contribution in [-0.4, -0.2) is 18.3 Å². The molecule has 3 rings (SSSR count). The highest BCUT2D eigenvalue weighted by molar-refractivity contribution is 7.99. The van der Waals surface area contributed by atoms with E-state index >= 15 is 0 Å². The first-order chi connectivity index (χ1) is 11.0. The second kappa shape index (κ2) is 6.87. The minimum Gasteiger partial charge on any atom is -0.368 e. The van der Waals surface area contributed by atoms with Gasteiger partial charge in [-0.2, -0.15) is 13.2 Å². The number of anilines is 1. The summed E-state index contributed by atoms with van der Waals surface area (Å²) in [4.78, 5) is 3.46. The van der Waals surface area contributed by atoms with Gasteiger partial charge in [0, 0.05) is 28.9 Å². The van der Waals surface area contributed by atoms with Gasteiger partial charge in [-0.15, -0.1) is 11.8 Å². The molecule has 0 aromatic heterocycles. The molecule has 1 atom stereocenters. The topological polar surface area (TPSA) is 3.24 Å². The zero-order valence-corrected chi connectivity index (χ0v) is 13.4. The second-order valence-electron chi connectivity index (χ2n) is 5.66. The molecule has 1 heterocycles. The molecule has 1 saturated heterocycles. The van der Waals surface area contributed by atoms with Gasteiger partial charge in [-0.25, -0.2) is 0 Å². The maximum Gasteiger partial charge on any atom is 0.416 e. The van der Waals surface area contributed by atoms with Gasteiger partial charge in [-0.3, -0.25) is 0 Å². The largest absolute Gasteiger partial charge is 0.416 e. The molecule has 5 heteroatoms. The Hall–Kier alpha value is -1.62. The van der Waals surface area contributed by atoms with Gasteiger partial charge in [0.2, 0.25) is 0 Å². The predicted octanol–water partition coefficient (Wildman–Crippen LogP) is 5.47. The van der Waals surface area contributed by atoms with Crippen molar-refractivity contribution in [2.24, 2.45) is 0 Å². The van der Waals surface area contributed by atoms with E-state index in [1.165, 1.54) is 17.0 Å². The number of hydrogen-bond donors (Lipinski definition) is 0. The van der Waals surface area contributed by atoms with E-state index in [0.29, 0.717) is 6.04 Å². The third-order valence-corrected chi connectivity index (χ3v) is 5.25. The Labute approximate surface area is 138 Å². The molecule has 2 aromatic rings. The number of benzene rings is 2. The summed E-state index contributed by atoms with van der Waals surface area (Å²) < 4.78 is 38.0. The standard InChI is InChI=1S/C18H18F3NS/c19-18(20,21)14-8-10-15(11-9-14)22-12-4-5-16(22)13-23-17-6-2-1-3-7-17/h1-3,6-11,16H,4-5,12-13H2. The fourth-order valence-electron chi connectivity index (χ4n) is 2.90. The molecule has 0 radical (unpaired) electrons. The molecule has 1 unspecified atom stereocenters. The van der Waals surface area contributed by atoms with Gasteiger partial charge in [-0.1, -0.05) is 18.2 Å². The van der Waals surface area contributed by atoms with E-state index < -0.39 is 11.7 Å². The Kier molecular flexibility index (Phi) is 4.85. The molecule has 1 aliphatic rings. The minimum atomic E-state index is -4.27. The molecule has 0 bridgehead atoms. The van der Waals surface area contributed by atoms with Crippen molar-refractivity contribution in [3.8, 4) is 0 Å². The summed E-state index contributed by atoms with van der Waals surface area (Å²) >= 11 is 1.80. The molecular formula is C18H18F3NS. The highest BCUT2D eigenvalue weighted by Crippen LogP contribution is 2.33. The van der Waals surface area contributed by atoms with Gasteiger partial charge in [0.25, 0.3) is 0 Å². The summed E-state index contributed by atoms with van der Waals surface area (Å²) in [5.41, 5.74) is 0.296. The first-order valence-corrected chi connectivity index (χ1v) is 8.64. The van der Waals surface area contributed by atoms with Crippen LogP contribution in [0, 0.1) is 0 Å². The quantitative estimate of drug-likeness (QED) is 0.681. The van der Waals surface area contributed by atoms with Crippen molar-refractivity contribution in [3.63, 3.8) is 0 Å². The van der Waals surface area contributed by atoms with Crippen molar-refractivity contribution in [3.05, 3.63) is 60.2 Å². The lowest BCUT2D eigenvalue weighted by atomic mass is 10.1. The molecular weight excluding hydrogens is 319 g/mol. The normalized spacial score (nSPS) is 18.4. The Morgan fingerprint density at radius 1 is 1.00 bits per heavy atom. The Bertz CT molecular complexity index is 625. The van der Waals surface area contributed by atoms with E-state index in [9.17, 15) is 13.2 Å². The van der Waals surface area contributed by atoms with Crippen LogP contribution < -0.4 is 4.90 Å². The zero-order valence-electron chi connectivity index (χ0n) is 12.6. The van der Waals surface area contributed by atoms with Crippen molar-refractivity contribution in [2.75, 3.05) is 17.2 Å². The minimum absolute atomic E-state index is 0.372. The van der Waals surface area contributed by atoms with Crippen molar-refractivity contribution in [2.45, 2.75) is 30.0 Å². The number of alkyl halides is 3. The van der Waals surface area contributed by atoms with Crippen molar-refractivity contribution >= 4 is 17.4 Å². The number of nitrogens with zero attached hydrogens (tertiary/aromatic N) is 1. The summed E-state index contributed by atoms with van der Waals surface area (Å²) in [6.07, 6.45) is -2.10. The highest BCUT2D eigenvalue weighted by atomic mass is 32.2. The Morgan fingerprint density at radius 3 is 2.35 bits per heavy atom. The molecule has 1 aliphatic heterocycles. The van der Waals surface area contributed by atoms with E-state index in [4.69, 9.17) is 0 Å². The molecule has 0 amide bonds. The maximum absolute atomic E-state index is 12.7. The van der Waals surface area contributed by atoms with Crippen LogP contribution in [0.3, 0.4) is 0 Å². The van der Waals surface area contributed by atoms with Crippen LogP contribution in [0.1, 0.15) is 18.4 Å². The average molecular weight is 337 g/mol. The van der Waals surface area contributed by atoms with Crippen molar-refractivity contribution in [1.29, 1.82) is 0 Å². The molecule has 0 saturated carbocycles. The van der Waals surface area contributed by atoms with Crippen LogP contribution in [0.4, 0.5) is 18.9 Å². The fourth-order valence-corrected chi connectivity index (χ4v) is 3.98. The number of hydrogen-bond acceptors (Lipinski definition) is 2. The van der Waals surface area contributed by atoms with Crippen molar-refractivity contribution < 1.29 is 13.2 Å². The van der Waals surface area contributed by atoms with Gasteiger partial charge in [0.15, 0.2) is 0 Å². The summed E-state index contributed by atoms with van der Waals surface area (Å²) in [6, 6.07) is 16.1. The van der Waals surface area contributed by atoms with Gasteiger partial charge >= 0.3 is 6.18 Å². The van der Waals surface area contributed by atoms with Crippen molar-refractivity contribution in [1.82, 2.24) is 0 Å². The lowest BCUT2D eigenvalue weighted by Crippen LogP contribution is -2.31. The maximum atomic E-state index is 12.7. The van der Waals surface area contributed by atoms with Crippen LogP contribution in [0.15, 0.2) is 59.5 Å². The first-order valence-electron chi connectivity index (χ1n) is 7.66. The van der Waals surface area contributed by atoms with Gasteiger partial charge in [-0.05, 0) is 49.2 Å². The Morgan fingerprint density at radius 2 is 1.70 bits per heavy atom. The van der Waals surface area contributed by atoms with Crippen LogP contribution in [0.25, 0.3) is 0 Å². The molecule has 2 aromatic carbocycles. The van der Waals surface area contributed by atoms with Gasteiger partial charge < -0.3 is 4.90 Å². The van der Waals surface area contributed by atoms with Gasteiger partial charge in [0.1, 0.15) is 0 Å². The third kappa shape index (κ3) is 4.02. The van der Waals surface area contributed by atoms with Crippen LogP contribution in [0.5, 0.6) is 0 Å². The molecule has 122 valence electrons. The molecule has 0 spiro atoms. The van der Waals surface area contributed by atoms with E-state index in [0.717, 1.165) is 30.8 Å². The second-order valence-corrected chi connectivity index (χ2v) is 6.75. The third-order valence-electron chi connectivity index (χ3n) is 4.09.